The van der Waals surface area contributed by atoms with E-state index in [1.165, 1.54) is 11.9 Å². The Morgan fingerprint density at radius 2 is 1.71 bits per heavy atom. The molecule has 0 spiro atoms. The first-order chi connectivity index (χ1) is 14.7. The normalized spacial score (nSPS) is 11.8. The summed E-state index contributed by atoms with van der Waals surface area (Å²) in [4.78, 5) is 25.7. The number of rotatable bonds is 9. The molecule has 0 fully saturated rings. The van der Waals surface area contributed by atoms with Gasteiger partial charge in [-0.15, -0.1) is 13.2 Å². The summed E-state index contributed by atoms with van der Waals surface area (Å²) in [5.74, 6) is 0.202. The topological polar surface area (TPSA) is 55.8 Å². The van der Waals surface area contributed by atoms with Crippen LogP contribution in [0.5, 0.6) is 5.75 Å². The highest BCUT2D eigenvalue weighted by Gasteiger charge is 2.25. The van der Waals surface area contributed by atoms with Gasteiger partial charge in [0.05, 0.1) is 10.9 Å². The Morgan fingerprint density at radius 1 is 1.06 bits per heavy atom. The van der Waals surface area contributed by atoms with Gasteiger partial charge in [-0.2, -0.15) is 0 Å². The zero-order valence-corrected chi connectivity index (χ0v) is 19.1. The van der Waals surface area contributed by atoms with E-state index in [-0.39, 0.29) is 18.4 Å². The lowest BCUT2D eigenvalue weighted by Crippen LogP contribution is -2.34. The van der Waals surface area contributed by atoms with Crippen molar-refractivity contribution in [2.45, 2.75) is 50.2 Å². The molecule has 6 heteroatoms. The molecular formula is C25H29NO4S. The molecule has 0 saturated carbocycles. The number of hydrogen-bond acceptors (Lipinski definition) is 5. The number of hydrogen-bond donors (Lipinski definition) is 0. The zero-order chi connectivity index (χ0) is 22.9. The summed E-state index contributed by atoms with van der Waals surface area (Å²) >= 11 is 1.21. The Kier molecular flexibility index (Phi) is 8.94. The van der Waals surface area contributed by atoms with E-state index in [0.717, 1.165) is 5.56 Å². The number of benzene rings is 2. The lowest BCUT2D eigenvalue weighted by Gasteiger charge is -2.29. The molecule has 0 saturated heterocycles. The largest absolute Gasteiger partial charge is 0.514 e. The third-order valence-electron chi connectivity index (χ3n) is 4.05. The molecule has 2 rings (SSSR count). The quantitative estimate of drug-likeness (QED) is 0.201. The summed E-state index contributed by atoms with van der Waals surface area (Å²) in [6.45, 7) is 12.9. The summed E-state index contributed by atoms with van der Waals surface area (Å²) in [5.41, 5.74) is 0.414. The Hall–Kier alpha value is -2.99. The molecule has 0 aromatic heterocycles. The lowest BCUT2D eigenvalue weighted by molar-refractivity contribution is -0.126. The summed E-state index contributed by atoms with van der Waals surface area (Å²) in [5, 5.41) is 0. The number of amides is 1. The number of para-hydroxylation sites is 1. The monoisotopic (exact) mass is 439 g/mol. The van der Waals surface area contributed by atoms with Crippen molar-refractivity contribution in [1.29, 1.82) is 0 Å². The van der Waals surface area contributed by atoms with Gasteiger partial charge in [-0.25, -0.2) is 4.79 Å². The van der Waals surface area contributed by atoms with Gasteiger partial charge in [0.2, 0.25) is 5.91 Å². The maximum Gasteiger partial charge on any atom is 0.514 e. The van der Waals surface area contributed by atoms with Gasteiger partial charge >= 0.3 is 6.16 Å². The van der Waals surface area contributed by atoms with Crippen LogP contribution in [0, 0.1) is 0 Å². The van der Waals surface area contributed by atoms with Crippen molar-refractivity contribution in [3.8, 4) is 5.75 Å². The van der Waals surface area contributed by atoms with Crippen molar-refractivity contribution >= 4 is 24.0 Å². The number of carbonyl (C=O) groups is 2. The van der Waals surface area contributed by atoms with Crippen LogP contribution in [-0.2, 0) is 16.0 Å². The fraction of sp³-hybridized carbons (Fsp3) is 0.280. The standard InChI is InChI=1S/C25H29NO4S/c1-6-13-23(27)26(20(7-2)18-19-14-9-8-10-15-19)31-22-17-12-11-16-21(22)29-24(28)30-25(3,4)5/h6-12,14-17,20H,1-2,13,18H2,3-5H3/t20-/m1/s1. The molecule has 0 aliphatic rings. The van der Waals surface area contributed by atoms with Crippen LogP contribution in [0.4, 0.5) is 4.79 Å². The third kappa shape index (κ3) is 7.98. The van der Waals surface area contributed by atoms with E-state index in [2.05, 4.69) is 13.2 Å². The van der Waals surface area contributed by atoms with E-state index in [0.29, 0.717) is 17.1 Å². The van der Waals surface area contributed by atoms with Gasteiger partial charge in [-0.05, 0) is 56.8 Å². The first-order valence-electron chi connectivity index (χ1n) is 10.0. The van der Waals surface area contributed by atoms with E-state index in [1.54, 1.807) is 55.4 Å². The second-order valence-corrected chi connectivity index (χ2v) is 8.83. The molecule has 0 N–H and O–H groups in total. The minimum absolute atomic E-state index is 0.118. The minimum Gasteiger partial charge on any atom is -0.428 e. The highest BCUT2D eigenvalue weighted by atomic mass is 32.2. The van der Waals surface area contributed by atoms with Crippen molar-refractivity contribution < 1.29 is 19.1 Å². The smallest absolute Gasteiger partial charge is 0.428 e. The predicted molar refractivity (Wildman–Crippen MR) is 125 cm³/mol. The van der Waals surface area contributed by atoms with Gasteiger partial charge in [-0.1, -0.05) is 54.6 Å². The maximum absolute atomic E-state index is 12.9. The van der Waals surface area contributed by atoms with Gasteiger partial charge in [0, 0.05) is 6.42 Å². The molecule has 31 heavy (non-hydrogen) atoms. The van der Waals surface area contributed by atoms with Crippen LogP contribution >= 0.6 is 11.9 Å². The lowest BCUT2D eigenvalue weighted by atomic mass is 10.1. The third-order valence-corrected chi connectivity index (χ3v) is 5.26. The number of carbonyl (C=O) groups excluding carboxylic acids is 2. The Morgan fingerprint density at radius 3 is 2.32 bits per heavy atom. The van der Waals surface area contributed by atoms with E-state index in [4.69, 9.17) is 9.47 Å². The van der Waals surface area contributed by atoms with Crippen molar-refractivity contribution in [3.63, 3.8) is 0 Å². The molecule has 164 valence electrons. The molecule has 0 radical (unpaired) electrons. The molecule has 5 nitrogen and oxygen atoms in total. The molecule has 0 bridgehead atoms. The van der Waals surface area contributed by atoms with Crippen LogP contribution in [0.3, 0.4) is 0 Å². The first-order valence-corrected chi connectivity index (χ1v) is 10.8. The molecule has 0 unspecified atom stereocenters. The van der Waals surface area contributed by atoms with Crippen LogP contribution in [0.25, 0.3) is 0 Å². The summed E-state index contributed by atoms with van der Waals surface area (Å²) < 4.78 is 12.3. The van der Waals surface area contributed by atoms with Gasteiger partial charge < -0.3 is 9.47 Å². The van der Waals surface area contributed by atoms with Crippen molar-refractivity contribution in [2.24, 2.45) is 0 Å². The average Bonchev–Trinajstić information content (AvgIpc) is 2.71. The molecule has 0 aliphatic carbocycles. The van der Waals surface area contributed by atoms with Crippen LogP contribution in [0.2, 0.25) is 0 Å². The van der Waals surface area contributed by atoms with Crippen molar-refractivity contribution in [3.05, 3.63) is 85.5 Å². The molecule has 0 aliphatic heterocycles. The van der Waals surface area contributed by atoms with Gasteiger partial charge in [0.25, 0.3) is 0 Å². The van der Waals surface area contributed by atoms with Crippen LogP contribution in [-0.4, -0.2) is 28.0 Å². The molecule has 2 aromatic carbocycles. The molecule has 2 aromatic rings. The van der Waals surface area contributed by atoms with E-state index in [9.17, 15) is 9.59 Å². The Bertz CT molecular complexity index is 905. The predicted octanol–water partition coefficient (Wildman–Crippen LogP) is 6.21. The van der Waals surface area contributed by atoms with Crippen LogP contribution in [0.1, 0.15) is 32.8 Å². The number of ether oxygens (including phenoxy) is 2. The fourth-order valence-corrected chi connectivity index (χ4v) is 3.73. The summed E-state index contributed by atoms with van der Waals surface area (Å²) in [6, 6.07) is 16.7. The van der Waals surface area contributed by atoms with Gasteiger partial charge in [0.1, 0.15) is 11.4 Å². The second-order valence-electron chi connectivity index (χ2n) is 7.81. The summed E-state index contributed by atoms with van der Waals surface area (Å²) in [7, 11) is 0. The Balaban J connectivity index is 2.28. The SMILES string of the molecule is C=CCC(=O)N(Sc1ccccc1OC(=O)OC(C)(C)C)[C@H](C=C)Cc1ccccc1. The van der Waals surface area contributed by atoms with E-state index >= 15 is 0 Å². The second kappa shape index (κ2) is 11.4. The molecular weight excluding hydrogens is 410 g/mol. The highest BCUT2D eigenvalue weighted by Crippen LogP contribution is 2.35. The number of nitrogens with zero attached hydrogens (tertiary/aromatic N) is 1. The first kappa shape index (κ1) is 24.3. The summed E-state index contributed by atoms with van der Waals surface area (Å²) in [6.07, 6.45) is 3.31. The van der Waals surface area contributed by atoms with Crippen LogP contribution < -0.4 is 4.74 Å². The zero-order valence-electron chi connectivity index (χ0n) is 18.2. The average molecular weight is 440 g/mol. The van der Waals surface area contributed by atoms with E-state index < -0.39 is 11.8 Å². The van der Waals surface area contributed by atoms with Crippen molar-refractivity contribution in [2.75, 3.05) is 0 Å². The molecule has 1 atom stereocenters. The van der Waals surface area contributed by atoms with Crippen molar-refractivity contribution in [1.82, 2.24) is 4.31 Å². The Labute approximate surface area is 188 Å². The van der Waals surface area contributed by atoms with E-state index in [1.807, 2.05) is 36.4 Å². The van der Waals surface area contributed by atoms with Crippen LogP contribution in [0.15, 0.2) is 84.8 Å². The maximum atomic E-state index is 12.9. The molecule has 0 heterocycles. The highest BCUT2D eigenvalue weighted by molar-refractivity contribution is 7.97. The van der Waals surface area contributed by atoms with Gasteiger partial charge in [-0.3, -0.25) is 9.10 Å². The fourth-order valence-electron chi connectivity index (χ4n) is 2.71. The molecule has 1 amide bonds. The minimum atomic E-state index is -0.797. The van der Waals surface area contributed by atoms with Gasteiger partial charge in [0.15, 0.2) is 0 Å².